The third-order valence-electron chi connectivity index (χ3n) is 4.42. The summed E-state index contributed by atoms with van der Waals surface area (Å²) in [7, 11) is 0. The normalized spacial score (nSPS) is 18.2. The van der Waals surface area contributed by atoms with Crippen molar-refractivity contribution in [3.8, 4) is 5.75 Å². The Morgan fingerprint density at radius 2 is 2.16 bits per heavy atom. The molecule has 1 fully saturated rings. The molecule has 0 bridgehead atoms. The van der Waals surface area contributed by atoms with Crippen LogP contribution in [-0.2, 0) is 4.79 Å². The van der Waals surface area contributed by atoms with E-state index in [1.54, 1.807) is 36.1 Å². The van der Waals surface area contributed by atoms with Gasteiger partial charge in [-0.25, -0.2) is 0 Å². The van der Waals surface area contributed by atoms with Crippen LogP contribution in [0.2, 0.25) is 0 Å². The summed E-state index contributed by atoms with van der Waals surface area (Å²) in [5.41, 5.74) is 1.35. The van der Waals surface area contributed by atoms with Crippen molar-refractivity contribution in [3.05, 3.63) is 47.3 Å². The molecule has 6 heteroatoms. The fourth-order valence-corrected chi connectivity index (χ4v) is 3.16. The van der Waals surface area contributed by atoms with Crippen LogP contribution < -0.4 is 4.74 Å². The van der Waals surface area contributed by atoms with Gasteiger partial charge >= 0.3 is 0 Å². The van der Waals surface area contributed by atoms with Crippen molar-refractivity contribution in [1.29, 1.82) is 0 Å². The Morgan fingerprint density at radius 3 is 2.84 bits per heavy atom. The lowest BCUT2D eigenvalue weighted by Gasteiger charge is -2.26. The minimum Gasteiger partial charge on any atom is -0.481 e. The van der Waals surface area contributed by atoms with Crippen LogP contribution in [0.1, 0.15) is 54.5 Å². The van der Waals surface area contributed by atoms with Gasteiger partial charge < -0.3 is 14.2 Å². The van der Waals surface area contributed by atoms with Crippen LogP contribution in [0.3, 0.4) is 0 Å². The molecule has 1 saturated heterocycles. The molecule has 1 aliphatic heterocycles. The number of amides is 1. The number of benzene rings is 1. The van der Waals surface area contributed by atoms with Crippen LogP contribution in [0, 0.1) is 6.92 Å². The number of rotatable bonds is 5. The van der Waals surface area contributed by atoms with E-state index in [0.29, 0.717) is 17.9 Å². The summed E-state index contributed by atoms with van der Waals surface area (Å²) in [4.78, 5) is 26.1. The molecule has 0 aliphatic carbocycles. The standard InChI is InChI=1S/C19H22N2O4/c1-12-10-17(20-25-12)18-8-5-9-21(18)19(23)14(3)24-16-7-4-6-15(11-16)13(2)22/h4,6-7,10-11,14,18H,5,8-9H2,1-3H3/t14-,18-/m1/s1. The number of Topliss-reactive ketones (excluding diaryl/α,β-unsaturated/α-hetero) is 1. The molecule has 1 amide bonds. The van der Waals surface area contributed by atoms with E-state index in [1.807, 2.05) is 13.0 Å². The molecule has 1 aliphatic rings. The number of hydrogen-bond acceptors (Lipinski definition) is 5. The number of carbonyl (C=O) groups is 2. The first-order valence-electron chi connectivity index (χ1n) is 8.47. The summed E-state index contributed by atoms with van der Waals surface area (Å²) in [5, 5.41) is 4.06. The lowest BCUT2D eigenvalue weighted by Crippen LogP contribution is -2.40. The van der Waals surface area contributed by atoms with Crippen molar-refractivity contribution in [2.75, 3.05) is 6.54 Å². The number of likely N-dealkylation sites (tertiary alicyclic amines) is 1. The number of aryl methyl sites for hydroxylation is 1. The minimum absolute atomic E-state index is 0.0366. The van der Waals surface area contributed by atoms with Gasteiger partial charge in [0.2, 0.25) is 0 Å². The van der Waals surface area contributed by atoms with Crippen molar-refractivity contribution in [2.24, 2.45) is 0 Å². The molecule has 2 heterocycles. The summed E-state index contributed by atoms with van der Waals surface area (Å²) < 4.78 is 10.9. The number of ketones is 1. The maximum absolute atomic E-state index is 12.8. The van der Waals surface area contributed by atoms with E-state index in [-0.39, 0.29) is 17.7 Å². The van der Waals surface area contributed by atoms with Crippen LogP contribution in [-0.4, -0.2) is 34.4 Å². The first-order chi connectivity index (χ1) is 12.0. The van der Waals surface area contributed by atoms with Crippen LogP contribution in [0.25, 0.3) is 0 Å². The van der Waals surface area contributed by atoms with Gasteiger partial charge in [-0.05, 0) is 45.7 Å². The zero-order valence-corrected chi connectivity index (χ0v) is 14.7. The zero-order valence-electron chi connectivity index (χ0n) is 14.7. The molecule has 1 aromatic heterocycles. The second kappa shape index (κ2) is 7.09. The lowest BCUT2D eigenvalue weighted by atomic mass is 10.1. The number of carbonyl (C=O) groups excluding carboxylic acids is 2. The van der Waals surface area contributed by atoms with Crippen molar-refractivity contribution >= 4 is 11.7 Å². The van der Waals surface area contributed by atoms with Crippen molar-refractivity contribution < 1.29 is 18.8 Å². The van der Waals surface area contributed by atoms with Crippen molar-refractivity contribution in [1.82, 2.24) is 10.1 Å². The van der Waals surface area contributed by atoms with E-state index >= 15 is 0 Å². The zero-order chi connectivity index (χ0) is 18.0. The Kier molecular flexibility index (Phi) is 4.88. The molecule has 2 aromatic rings. The highest BCUT2D eigenvalue weighted by molar-refractivity contribution is 5.94. The van der Waals surface area contributed by atoms with Gasteiger partial charge in [0, 0.05) is 18.2 Å². The minimum atomic E-state index is -0.643. The molecule has 0 saturated carbocycles. The second-order valence-electron chi connectivity index (χ2n) is 6.40. The average Bonchev–Trinajstić information content (AvgIpc) is 3.22. The van der Waals surface area contributed by atoms with Crippen molar-refractivity contribution in [2.45, 2.75) is 45.8 Å². The molecule has 2 atom stereocenters. The Morgan fingerprint density at radius 1 is 1.36 bits per heavy atom. The second-order valence-corrected chi connectivity index (χ2v) is 6.40. The van der Waals surface area contributed by atoms with Gasteiger partial charge in [-0.1, -0.05) is 17.3 Å². The summed E-state index contributed by atoms with van der Waals surface area (Å²) >= 11 is 0. The van der Waals surface area contributed by atoms with Crippen LogP contribution >= 0.6 is 0 Å². The molecule has 6 nitrogen and oxygen atoms in total. The summed E-state index contributed by atoms with van der Waals surface area (Å²) in [6.07, 6.45) is 1.15. The molecule has 1 aromatic carbocycles. The highest BCUT2D eigenvalue weighted by atomic mass is 16.5. The maximum atomic E-state index is 12.8. The first kappa shape index (κ1) is 17.2. The highest BCUT2D eigenvalue weighted by Crippen LogP contribution is 2.32. The van der Waals surface area contributed by atoms with Gasteiger partial charge in [0.1, 0.15) is 17.2 Å². The fourth-order valence-electron chi connectivity index (χ4n) is 3.16. The van der Waals surface area contributed by atoms with E-state index in [4.69, 9.17) is 9.26 Å². The molecule has 0 N–H and O–H groups in total. The van der Waals surface area contributed by atoms with Gasteiger partial charge in [-0.2, -0.15) is 0 Å². The molecule has 0 radical (unpaired) electrons. The van der Waals surface area contributed by atoms with Crippen molar-refractivity contribution in [3.63, 3.8) is 0 Å². The molecular formula is C19H22N2O4. The quantitative estimate of drug-likeness (QED) is 0.780. The van der Waals surface area contributed by atoms with E-state index < -0.39 is 6.10 Å². The van der Waals surface area contributed by atoms with Crippen LogP contribution in [0.5, 0.6) is 5.75 Å². The summed E-state index contributed by atoms with van der Waals surface area (Å²) in [5.74, 6) is 1.13. The van der Waals surface area contributed by atoms with E-state index in [9.17, 15) is 9.59 Å². The average molecular weight is 342 g/mol. The number of hydrogen-bond donors (Lipinski definition) is 0. The third-order valence-corrected chi connectivity index (χ3v) is 4.42. The Hall–Kier alpha value is -2.63. The molecule has 132 valence electrons. The van der Waals surface area contributed by atoms with Gasteiger partial charge in [-0.15, -0.1) is 0 Å². The SMILES string of the molecule is CC(=O)c1cccc(O[C@H](C)C(=O)N2CCC[C@@H]2c2cc(C)on2)c1. The summed E-state index contributed by atoms with van der Waals surface area (Å²) in [6, 6.07) is 8.69. The number of nitrogens with zero attached hydrogens (tertiary/aromatic N) is 2. The Bertz CT molecular complexity index is 783. The molecule has 3 rings (SSSR count). The van der Waals surface area contributed by atoms with E-state index in [2.05, 4.69) is 5.16 Å². The Balaban J connectivity index is 1.71. The number of ether oxygens (including phenoxy) is 1. The lowest BCUT2D eigenvalue weighted by molar-refractivity contribution is -0.139. The topological polar surface area (TPSA) is 72.6 Å². The number of aromatic nitrogens is 1. The van der Waals surface area contributed by atoms with Gasteiger partial charge in [-0.3, -0.25) is 9.59 Å². The third kappa shape index (κ3) is 3.73. The van der Waals surface area contributed by atoms with Gasteiger partial charge in [0.05, 0.1) is 6.04 Å². The predicted octanol–water partition coefficient (Wildman–Crippen LogP) is 3.32. The largest absolute Gasteiger partial charge is 0.481 e. The highest BCUT2D eigenvalue weighted by Gasteiger charge is 2.34. The Labute approximate surface area is 146 Å². The first-order valence-corrected chi connectivity index (χ1v) is 8.47. The van der Waals surface area contributed by atoms with Crippen LogP contribution in [0.4, 0.5) is 0 Å². The molecule has 0 unspecified atom stereocenters. The molecule has 0 spiro atoms. The summed E-state index contributed by atoms with van der Waals surface area (Å²) in [6.45, 7) is 5.75. The van der Waals surface area contributed by atoms with E-state index in [1.165, 1.54) is 6.92 Å². The fraction of sp³-hybridized carbons (Fsp3) is 0.421. The smallest absolute Gasteiger partial charge is 0.263 e. The predicted molar refractivity (Wildman–Crippen MR) is 91.5 cm³/mol. The van der Waals surface area contributed by atoms with E-state index in [0.717, 1.165) is 24.3 Å². The monoisotopic (exact) mass is 342 g/mol. The van der Waals surface area contributed by atoms with Gasteiger partial charge in [0.15, 0.2) is 11.9 Å². The van der Waals surface area contributed by atoms with Gasteiger partial charge in [0.25, 0.3) is 5.91 Å². The maximum Gasteiger partial charge on any atom is 0.263 e. The molecule has 25 heavy (non-hydrogen) atoms. The molecular weight excluding hydrogens is 320 g/mol. The van der Waals surface area contributed by atoms with Crippen LogP contribution in [0.15, 0.2) is 34.9 Å².